The van der Waals surface area contributed by atoms with Gasteiger partial charge in [0, 0.05) is 31.1 Å². The van der Waals surface area contributed by atoms with E-state index in [0.29, 0.717) is 11.9 Å². The molecule has 0 aromatic rings. The molecule has 0 saturated carbocycles. The lowest BCUT2D eigenvalue weighted by molar-refractivity contribution is 0.0828. The SMILES string of the molecule is CCN1CCN(CCC(C)(C)C(N)=NO)CC1C. The van der Waals surface area contributed by atoms with E-state index in [2.05, 4.69) is 28.8 Å². The molecule has 1 rings (SSSR count). The molecule has 1 aliphatic rings. The van der Waals surface area contributed by atoms with Crippen LogP contribution in [0.25, 0.3) is 0 Å². The molecule has 0 spiro atoms. The number of hydrogen-bond donors (Lipinski definition) is 2. The molecule has 5 heteroatoms. The molecule has 0 bridgehead atoms. The van der Waals surface area contributed by atoms with Crippen LogP contribution in [0.15, 0.2) is 5.16 Å². The van der Waals surface area contributed by atoms with Gasteiger partial charge in [0.25, 0.3) is 0 Å². The van der Waals surface area contributed by atoms with Crippen LogP contribution in [0.2, 0.25) is 0 Å². The van der Waals surface area contributed by atoms with Crippen molar-refractivity contribution in [2.75, 3.05) is 32.7 Å². The molecule has 106 valence electrons. The van der Waals surface area contributed by atoms with Gasteiger partial charge in [-0.25, -0.2) is 0 Å². The van der Waals surface area contributed by atoms with Crippen molar-refractivity contribution >= 4 is 5.84 Å². The molecule has 1 fully saturated rings. The maximum absolute atomic E-state index is 8.76. The molecule has 1 heterocycles. The molecule has 1 atom stereocenters. The predicted molar refractivity (Wildman–Crippen MR) is 75.0 cm³/mol. The van der Waals surface area contributed by atoms with Gasteiger partial charge in [-0.15, -0.1) is 0 Å². The number of amidine groups is 1. The fourth-order valence-corrected chi connectivity index (χ4v) is 2.44. The fourth-order valence-electron chi connectivity index (χ4n) is 2.44. The van der Waals surface area contributed by atoms with Gasteiger partial charge in [0.05, 0.1) is 0 Å². The van der Waals surface area contributed by atoms with E-state index < -0.39 is 0 Å². The van der Waals surface area contributed by atoms with Gasteiger partial charge in [0.2, 0.25) is 0 Å². The Hall–Kier alpha value is -0.810. The van der Waals surface area contributed by atoms with Gasteiger partial charge in [0.15, 0.2) is 0 Å². The molecule has 1 aliphatic heterocycles. The van der Waals surface area contributed by atoms with Gasteiger partial charge in [-0.3, -0.25) is 4.90 Å². The molecule has 3 N–H and O–H groups in total. The third-order valence-corrected chi connectivity index (χ3v) is 4.11. The fraction of sp³-hybridized carbons (Fsp3) is 0.923. The molecule has 0 aliphatic carbocycles. The number of piperazine rings is 1. The van der Waals surface area contributed by atoms with E-state index in [9.17, 15) is 0 Å². The smallest absolute Gasteiger partial charge is 0.144 e. The van der Waals surface area contributed by atoms with Crippen LogP contribution in [0.5, 0.6) is 0 Å². The lowest BCUT2D eigenvalue weighted by Crippen LogP contribution is -2.52. The summed E-state index contributed by atoms with van der Waals surface area (Å²) in [5.41, 5.74) is 5.47. The number of nitrogens with zero attached hydrogens (tertiary/aromatic N) is 3. The van der Waals surface area contributed by atoms with Crippen molar-refractivity contribution in [2.45, 2.75) is 40.2 Å². The van der Waals surface area contributed by atoms with Gasteiger partial charge in [-0.1, -0.05) is 25.9 Å². The van der Waals surface area contributed by atoms with Crippen LogP contribution in [0, 0.1) is 5.41 Å². The second-order valence-electron chi connectivity index (χ2n) is 5.90. The third kappa shape index (κ3) is 3.85. The van der Waals surface area contributed by atoms with Crippen molar-refractivity contribution in [3.8, 4) is 0 Å². The quantitative estimate of drug-likeness (QED) is 0.335. The molecule has 0 aromatic heterocycles. The molecule has 1 saturated heterocycles. The van der Waals surface area contributed by atoms with Crippen LogP contribution in [0.3, 0.4) is 0 Å². The van der Waals surface area contributed by atoms with Crippen molar-refractivity contribution in [1.82, 2.24) is 9.80 Å². The number of oxime groups is 1. The van der Waals surface area contributed by atoms with Crippen molar-refractivity contribution < 1.29 is 5.21 Å². The molecular formula is C13H28N4O. The van der Waals surface area contributed by atoms with E-state index in [4.69, 9.17) is 10.9 Å². The summed E-state index contributed by atoms with van der Waals surface area (Å²) >= 11 is 0. The van der Waals surface area contributed by atoms with Crippen LogP contribution in [0.1, 0.15) is 34.1 Å². The summed E-state index contributed by atoms with van der Waals surface area (Å²) in [6.45, 7) is 14.0. The maximum atomic E-state index is 8.76. The minimum Gasteiger partial charge on any atom is -0.409 e. The summed E-state index contributed by atoms with van der Waals surface area (Å²) in [5, 5.41) is 11.9. The summed E-state index contributed by atoms with van der Waals surface area (Å²) in [7, 11) is 0. The number of rotatable bonds is 5. The zero-order chi connectivity index (χ0) is 13.8. The van der Waals surface area contributed by atoms with Crippen LogP contribution in [0.4, 0.5) is 0 Å². The second-order valence-corrected chi connectivity index (χ2v) is 5.90. The van der Waals surface area contributed by atoms with E-state index in [0.717, 1.165) is 39.1 Å². The van der Waals surface area contributed by atoms with E-state index in [1.54, 1.807) is 0 Å². The standard InChI is InChI=1S/C13H28N4O/c1-5-17-9-8-16(10-11(17)2)7-6-13(3,4)12(14)15-18/h11,18H,5-10H2,1-4H3,(H2,14,15). The van der Waals surface area contributed by atoms with E-state index >= 15 is 0 Å². The van der Waals surface area contributed by atoms with Crippen molar-refractivity contribution in [1.29, 1.82) is 0 Å². The molecule has 0 radical (unpaired) electrons. The average molecular weight is 256 g/mol. The lowest BCUT2D eigenvalue weighted by Gasteiger charge is -2.40. The predicted octanol–water partition coefficient (Wildman–Crippen LogP) is 1.18. The summed E-state index contributed by atoms with van der Waals surface area (Å²) in [6, 6.07) is 0.621. The summed E-state index contributed by atoms with van der Waals surface area (Å²) in [5.74, 6) is 0.322. The van der Waals surface area contributed by atoms with E-state index in [1.165, 1.54) is 0 Å². The lowest BCUT2D eigenvalue weighted by atomic mass is 9.87. The molecular weight excluding hydrogens is 228 g/mol. The topological polar surface area (TPSA) is 65.1 Å². The van der Waals surface area contributed by atoms with Crippen molar-refractivity contribution in [2.24, 2.45) is 16.3 Å². The molecule has 0 aromatic carbocycles. The number of hydrogen-bond acceptors (Lipinski definition) is 4. The molecule has 1 unspecified atom stereocenters. The Bertz CT molecular complexity index is 291. The molecule has 5 nitrogen and oxygen atoms in total. The molecule has 18 heavy (non-hydrogen) atoms. The Kier molecular flexibility index (Phi) is 5.41. The Morgan fingerprint density at radius 3 is 2.61 bits per heavy atom. The molecule has 0 amide bonds. The Labute approximate surface area is 111 Å². The Morgan fingerprint density at radius 1 is 1.44 bits per heavy atom. The van der Waals surface area contributed by atoms with Gasteiger partial charge in [-0.2, -0.15) is 0 Å². The zero-order valence-corrected chi connectivity index (χ0v) is 12.2. The highest BCUT2D eigenvalue weighted by Crippen LogP contribution is 2.21. The maximum Gasteiger partial charge on any atom is 0.144 e. The van der Waals surface area contributed by atoms with E-state index in [-0.39, 0.29) is 5.41 Å². The Morgan fingerprint density at radius 2 is 2.11 bits per heavy atom. The summed E-state index contributed by atoms with van der Waals surface area (Å²) in [4.78, 5) is 4.98. The second kappa shape index (κ2) is 6.38. The van der Waals surface area contributed by atoms with Crippen LogP contribution in [-0.2, 0) is 0 Å². The number of likely N-dealkylation sites (N-methyl/N-ethyl adjacent to an activating group) is 1. The zero-order valence-electron chi connectivity index (χ0n) is 12.2. The van der Waals surface area contributed by atoms with Gasteiger partial charge < -0.3 is 15.8 Å². The highest BCUT2D eigenvalue weighted by Gasteiger charge is 2.27. The highest BCUT2D eigenvalue weighted by molar-refractivity contribution is 5.85. The van der Waals surface area contributed by atoms with Crippen LogP contribution < -0.4 is 5.73 Å². The minimum atomic E-state index is -0.236. The van der Waals surface area contributed by atoms with Gasteiger partial charge >= 0.3 is 0 Å². The first-order valence-electron chi connectivity index (χ1n) is 6.85. The Balaban J connectivity index is 2.41. The average Bonchev–Trinajstić information content (AvgIpc) is 2.35. The minimum absolute atomic E-state index is 0.236. The first kappa shape index (κ1) is 15.2. The summed E-state index contributed by atoms with van der Waals surface area (Å²) in [6.07, 6.45) is 0.918. The van der Waals surface area contributed by atoms with Crippen LogP contribution in [-0.4, -0.2) is 59.6 Å². The van der Waals surface area contributed by atoms with E-state index in [1.807, 2.05) is 13.8 Å². The van der Waals surface area contributed by atoms with Crippen LogP contribution >= 0.6 is 0 Å². The number of nitrogens with two attached hydrogens (primary N) is 1. The van der Waals surface area contributed by atoms with Crippen molar-refractivity contribution in [3.05, 3.63) is 0 Å². The monoisotopic (exact) mass is 256 g/mol. The third-order valence-electron chi connectivity index (χ3n) is 4.11. The van der Waals surface area contributed by atoms with Crippen molar-refractivity contribution in [3.63, 3.8) is 0 Å². The summed E-state index contributed by atoms with van der Waals surface area (Å²) < 4.78 is 0. The highest BCUT2D eigenvalue weighted by atomic mass is 16.4. The van der Waals surface area contributed by atoms with Gasteiger partial charge in [-0.05, 0) is 26.4 Å². The first-order valence-corrected chi connectivity index (χ1v) is 6.85. The first-order chi connectivity index (χ1) is 8.40. The largest absolute Gasteiger partial charge is 0.409 e. The normalized spacial score (nSPS) is 24.4. The van der Waals surface area contributed by atoms with Gasteiger partial charge in [0.1, 0.15) is 5.84 Å².